The van der Waals surface area contributed by atoms with Crippen molar-refractivity contribution < 1.29 is 4.79 Å². The normalized spacial score (nSPS) is 10.9. The van der Waals surface area contributed by atoms with Gasteiger partial charge < -0.3 is 20.5 Å². The SMILES string of the molecule is CCNC(=NCCNC(=O)c1ccc(Br)cc1)NCCn1cnnc1CC.I. The second kappa shape index (κ2) is 13.5. The molecular formula is C18H27BrIN7O. The maximum atomic E-state index is 12.1. The molecule has 2 aromatic rings. The third kappa shape index (κ3) is 8.13. The highest BCUT2D eigenvalue weighted by molar-refractivity contribution is 14.0. The second-order valence-corrected chi connectivity index (χ2v) is 6.66. The van der Waals surface area contributed by atoms with E-state index in [-0.39, 0.29) is 29.9 Å². The molecule has 0 saturated carbocycles. The van der Waals surface area contributed by atoms with Crippen molar-refractivity contribution in [1.82, 2.24) is 30.7 Å². The summed E-state index contributed by atoms with van der Waals surface area (Å²) in [5.74, 6) is 1.59. The van der Waals surface area contributed by atoms with Gasteiger partial charge in [0.2, 0.25) is 0 Å². The largest absolute Gasteiger partial charge is 0.357 e. The summed E-state index contributed by atoms with van der Waals surface area (Å²) in [6.07, 6.45) is 2.59. The lowest BCUT2D eigenvalue weighted by Crippen LogP contribution is -2.39. The number of aromatic nitrogens is 3. The molecule has 2 rings (SSSR count). The minimum Gasteiger partial charge on any atom is -0.357 e. The van der Waals surface area contributed by atoms with Crippen LogP contribution in [-0.2, 0) is 13.0 Å². The molecule has 10 heteroatoms. The van der Waals surface area contributed by atoms with Gasteiger partial charge in [0.1, 0.15) is 12.2 Å². The topological polar surface area (TPSA) is 96.2 Å². The lowest BCUT2D eigenvalue weighted by Gasteiger charge is -2.12. The van der Waals surface area contributed by atoms with E-state index >= 15 is 0 Å². The summed E-state index contributed by atoms with van der Waals surface area (Å²) in [6.45, 7) is 7.28. The van der Waals surface area contributed by atoms with Crippen LogP contribution in [0.15, 0.2) is 40.1 Å². The number of aliphatic imine (C=N–C) groups is 1. The van der Waals surface area contributed by atoms with Crippen molar-refractivity contribution in [3.05, 3.63) is 46.5 Å². The number of hydrogen-bond donors (Lipinski definition) is 3. The van der Waals surface area contributed by atoms with Gasteiger partial charge >= 0.3 is 0 Å². The minimum atomic E-state index is -0.102. The van der Waals surface area contributed by atoms with Gasteiger partial charge in [-0.25, -0.2) is 0 Å². The number of rotatable bonds is 9. The van der Waals surface area contributed by atoms with Gasteiger partial charge in [-0.05, 0) is 31.2 Å². The van der Waals surface area contributed by atoms with Crippen molar-refractivity contribution in [3.8, 4) is 0 Å². The average molecular weight is 564 g/mol. The predicted octanol–water partition coefficient (Wildman–Crippen LogP) is 2.21. The molecule has 1 aromatic heterocycles. The number of hydrogen-bond acceptors (Lipinski definition) is 4. The fraction of sp³-hybridized carbons (Fsp3) is 0.444. The van der Waals surface area contributed by atoms with Gasteiger partial charge in [0.15, 0.2) is 5.96 Å². The summed E-state index contributed by atoms with van der Waals surface area (Å²) >= 11 is 3.36. The minimum absolute atomic E-state index is 0. The molecule has 0 fully saturated rings. The average Bonchev–Trinajstić information content (AvgIpc) is 3.13. The standard InChI is InChI=1S/C18H26BrN7O.HI/c1-3-16-25-24-13-26(16)12-11-23-18(20-4-2)22-10-9-21-17(27)14-5-7-15(19)8-6-14;/h5-8,13H,3-4,9-12H2,1-2H3,(H,21,27)(H2,20,22,23);1H. The molecule has 0 aliphatic carbocycles. The van der Waals surface area contributed by atoms with Crippen LogP contribution >= 0.6 is 39.9 Å². The third-order valence-corrected chi connectivity index (χ3v) is 4.30. The molecule has 8 nitrogen and oxygen atoms in total. The van der Waals surface area contributed by atoms with Gasteiger partial charge in [0.05, 0.1) is 6.54 Å². The van der Waals surface area contributed by atoms with E-state index in [9.17, 15) is 4.79 Å². The lowest BCUT2D eigenvalue weighted by atomic mass is 10.2. The van der Waals surface area contributed by atoms with E-state index < -0.39 is 0 Å². The molecule has 0 aliphatic rings. The number of halogens is 2. The van der Waals surface area contributed by atoms with Crippen molar-refractivity contribution in [3.63, 3.8) is 0 Å². The maximum Gasteiger partial charge on any atom is 0.251 e. The lowest BCUT2D eigenvalue weighted by molar-refractivity contribution is 0.0955. The maximum absolute atomic E-state index is 12.1. The van der Waals surface area contributed by atoms with Gasteiger partial charge in [0.25, 0.3) is 5.91 Å². The highest BCUT2D eigenvalue weighted by Crippen LogP contribution is 2.10. The van der Waals surface area contributed by atoms with Crippen LogP contribution in [0.25, 0.3) is 0 Å². The quantitative estimate of drug-likeness (QED) is 0.188. The van der Waals surface area contributed by atoms with Crippen molar-refractivity contribution in [1.29, 1.82) is 0 Å². The number of nitrogens with one attached hydrogen (secondary N) is 3. The molecule has 1 amide bonds. The Labute approximate surface area is 191 Å². The zero-order valence-electron chi connectivity index (χ0n) is 16.1. The van der Waals surface area contributed by atoms with Gasteiger partial charge in [-0.2, -0.15) is 0 Å². The Morgan fingerprint density at radius 3 is 2.57 bits per heavy atom. The molecule has 154 valence electrons. The second-order valence-electron chi connectivity index (χ2n) is 5.74. The Balaban J connectivity index is 0.00000392. The van der Waals surface area contributed by atoms with Crippen LogP contribution in [0.1, 0.15) is 30.0 Å². The summed E-state index contributed by atoms with van der Waals surface area (Å²) in [5, 5.41) is 17.4. The number of benzene rings is 1. The Kier molecular flexibility index (Phi) is 11.7. The Morgan fingerprint density at radius 1 is 1.14 bits per heavy atom. The van der Waals surface area contributed by atoms with Crippen molar-refractivity contribution >= 4 is 51.8 Å². The molecule has 1 heterocycles. The van der Waals surface area contributed by atoms with Crippen LogP contribution in [0.2, 0.25) is 0 Å². The Hall–Kier alpha value is -1.69. The van der Waals surface area contributed by atoms with Crippen LogP contribution in [-0.4, -0.2) is 52.8 Å². The molecule has 0 atom stereocenters. The fourth-order valence-electron chi connectivity index (χ4n) is 2.42. The summed E-state index contributed by atoms with van der Waals surface area (Å²) in [5.41, 5.74) is 0.632. The molecular weight excluding hydrogens is 537 g/mol. The number of guanidine groups is 1. The summed E-state index contributed by atoms with van der Waals surface area (Å²) in [7, 11) is 0. The first-order valence-corrected chi connectivity index (χ1v) is 9.86. The first-order valence-electron chi connectivity index (χ1n) is 9.06. The van der Waals surface area contributed by atoms with E-state index in [2.05, 4.69) is 54.0 Å². The fourth-order valence-corrected chi connectivity index (χ4v) is 2.68. The number of nitrogens with zero attached hydrogens (tertiary/aromatic N) is 4. The van der Waals surface area contributed by atoms with E-state index in [1.54, 1.807) is 18.5 Å². The molecule has 0 spiro atoms. The van der Waals surface area contributed by atoms with E-state index in [0.29, 0.717) is 25.2 Å². The highest BCUT2D eigenvalue weighted by Gasteiger charge is 2.05. The zero-order chi connectivity index (χ0) is 19.5. The van der Waals surface area contributed by atoms with Gasteiger partial charge in [0, 0.05) is 42.6 Å². The monoisotopic (exact) mass is 563 g/mol. The van der Waals surface area contributed by atoms with Crippen LogP contribution in [0.5, 0.6) is 0 Å². The molecule has 0 aliphatic heterocycles. The first-order chi connectivity index (χ1) is 13.1. The van der Waals surface area contributed by atoms with Crippen LogP contribution in [0.4, 0.5) is 0 Å². The van der Waals surface area contributed by atoms with Gasteiger partial charge in [-0.15, -0.1) is 34.2 Å². The number of aryl methyl sites for hydroxylation is 1. The molecule has 0 radical (unpaired) electrons. The summed E-state index contributed by atoms with van der Waals surface area (Å²) < 4.78 is 2.97. The summed E-state index contributed by atoms with van der Waals surface area (Å²) in [6, 6.07) is 7.26. The Bertz CT molecular complexity index is 749. The van der Waals surface area contributed by atoms with Crippen molar-refractivity contribution in [2.45, 2.75) is 26.8 Å². The molecule has 28 heavy (non-hydrogen) atoms. The molecule has 1 aromatic carbocycles. The number of carbonyl (C=O) groups is 1. The highest BCUT2D eigenvalue weighted by atomic mass is 127. The molecule has 0 bridgehead atoms. The van der Waals surface area contributed by atoms with Gasteiger partial charge in [-0.1, -0.05) is 22.9 Å². The zero-order valence-corrected chi connectivity index (χ0v) is 20.0. The predicted molar refractivity (Wildman–Crippen MR) is 125 cm³/mol. The van der Waals surface area contributed by atoms with Crippen molar-refractivity contribution in [2.24, 2.45) is 4.99 Å². The van der Waals surface area contributed by atoms with Gasteiger partial charge in [-0.3, -0.25) is 9.79 Å². The molecule has 0 saturated heterocycles. The van der Waals surface area contributed by atoms with E-state index in [0.717, 1.165) is 35.8 Å². The van der Waals surface area contributed by atoms with Crippen molar-refractivity contribution in [2.75, 3.05) is 26.2 Å². The van der Waals surface area contributed by atoms with E-state index in [1.807, 2.05) is 23.6 Å². The molecule has 3 N–H and O–H groups in total. The van der Waals surface area contributed by atoms with E-state index in [1.165, 1.54) is 0 Å². The first kappa shape index (κ1) is 24.3. The van der Waals surface area contributed by atoms with Crippen LogP contribution < -0.4 is 16.0 Å². The van der Waals surface area contributed by atoms with Crippen LogP contribution in [0, 0.1) is 0 Å². The third-order valence-electron chi connectivity index (χ3n) is 3.78. The smallest absolute Gasteiger partial charge is 0.251 e. The number of carbonyl (C=O) groups excluding carboxylic acids is 1. The van der Waals surface area contributed by atoms with E-state index in [4.69, 9.17) is 0 Å². The number of amides is 1. The molecule has 0 unspecified atom stereocenters. The Morgan fingerprint density at radius 2 is 1.89 bits per heavy atom. The van der Waals surface area contributed by atoms with Crippen LogP contribution in [0.3, 0.4) is 0 Å². The summed E-state index contributed by atoms with van der Waals surface area (Å²) in [4.78, 5) is 16.6.